The number of hydrogen-bond donors (Lipinski definition) is 2. The molecule has 1 heterocycles. The fourth-order valence-corrected chi connectivity index (χ4v) is 2.51. The summed E-state index contributed by atoms with van der Waals surface area (Å²) in [6, 6.07) is 6.72. The summed E-state index contributed by atoms with van der Waals surface area (Å²) in [4.78, 5) is 13.7. The van der Waals surface area contributed by atoms with Crippen LogP contribution >= 0.6 is 0 Å². The van der Waals surface area contributed by atoms with E-state index in [2.05, 4.69) is 15.5 Å². The van der Waals surface area contributed by atoms with E-state index in [0.717, 1.165) is 26.2 Å². The molecule has 0 saturated carbocycles. The van der Waals surface area contributed by atoms with E-state index in [4.69, 9.17) is 0 Å². The minimum atomic E-state index is -0.207. The van der Waals surface area contributed by atoms with Crippen LogP contribution in [0.1, 0.15) is 24.9 Å². The molecule has 1 unspecified atom stereocenters. The van der Waals surface area contributed by atoms with Gasteiger partial charge in [-0.2, -0.15) is 0 Å². The van der Waals surface area contributed by atoms with E-state index in [0.29, 0.717) is 18.5 Å². The molecule has 0 aromatic heterocycles. The van der Waals surface area contributed by atoms with Crippen LogP contribution in [0.25, 0.3) is 0 Å². The highest BCUT2D eigenvalue weighted by atomic mass is 19.1. The smallest absolute Gasteiger partial charge is 0.219 e. The molecule has 1 aliphatic rings. The van der Waals surface area contributed by atoms with Crippen molar-refractivity contribution in [2.24, 2.45) is 0 Å². The van der Waals surface area contributed by atoms with Crippen molar-refractivity contribution in [3.05, 3.63) is 35.6 Å². The maximum Gasteiger partial charge on any atom is 0.219 e. The van der Waals surface area contributed by atoms with E-state index in [1.165, 1.54) is 6.07 Å². The van der Waals surface area contributed by atoms with Crippen molar-refractivity contribution >= 4 is 5.91 Å². The van der Waals surface area contributed by atoms with Gasteiger partial charge in [-0.3, -0.25) is 9.69 Å². The lowest BCUT2D eigenvalue weighted by molar-refractivity contribution is -0.121. The van der Waals surface area contributed by atoms with Crippen molar-refractivity contribution in [1.82, 2.24) is 15.5 Å². The van der Waals surface area contributed by atoms with Crippen molar-refractivity contribution in [3.8, 4) is 0 Å². The number of amides is 1. The van der Waals surface area contributed by atoms with E-state index >= 15 is 0 Å². The Labute approximate surface area is 119 Å². The SMILES string of the molecule is CCC(=O)NCC(c1ccccc1F)N1CCNCC1. The zero-order valence-electron chi connectivity index (χ0n) is 11.9. The Balaban J connectivity index is 2.14. The van der Waals surface area contributed by atoms with E-state index in [-0.39, 0.29) is 17.8 Å². The molecule has 1 atom stereocenters. The molecule has 0 spiro atoms. The lowest BCUT2D eigenvalue weighted by Crippen LogP contribution is -2.48. The van der Waals surface area contributed by atoms with Gasteiger partial charge in [-0.1, -0.05) is 25.1 Å². The van der Waals surface area contributed by atoms with Crippen molar-refractivity contribution < 1.29 is 9.18 Å². The van der Waals surface area contributed by atoms with Gasteiger partial charge in [-0.05, 0) is 6.07 Å². The summed E-state index contributed by atoms with van der Waals surface area (Å²) in [6.45, 7) is 5.78. The standard InChI is InChI=1S/C15H22FN3O/c1-2-15(20)18-11-14(19-9-7-17-8-10-19)12-5-3-4-6-13(12)16/h3-6,14,17H,2,7-11H2,1H3,(H,18,20). The third-order valence-corrected chi connectivity index (χ3v) is 3.67. The van der Waals surface area contributed by atoms with Crippen LogP contribution in [0.2, 0.25) is 0 Å². The number of nitrogens with zero attached hydrogens (tertiary/aromatic N) is 1. The number of halogens is 1. The Kier molecular flexibility index (Phi) is 5.49. The molecule has 5 heteroatoms. The van der Waals surface area contributed by atoms with Gasteiger partial charge in [0.25, 0.3) is 0 Å². The third-order valence-electron chi connectivity index (χ3n) is 3.67. The molecule has 2 rings (SSSR count). The second kappa shape index (κ2) is 7.36. The van der Waals surface area contributed by atoms with Crippen LogP contribution in [0.4, 0.5) is 4.39 Å². The number of benzene rings is 1. The molecular formula is C15H22FN3O. The van der Waals surface area contributed by atoms with Gasteiger partial charge in [0.2, 0.25) is 5.91 Å². The molecule has 20 heavy (non-hydrogen) atoms. The first-order chi connectivity index (χ1) is 9.72. The summed E-state index contributed by atoms with van der Waals surface area (Å²) in [5.74, 6) is -0.205. The van der Waals surface area contributed by atoms with Crippen LogP contribution in [0, 0.1) is 5.82 Å². The molecule has 0 aliphatic carbocycles. The van der Waals surface area contributed by atoms with Crippen molar-refractivity contribution in [2.75, 3.05) is 32.7 Å². The molecule has 2 N–H and O–H groups in total. The minimum Gasteiger partial charge on any atom is -0.354 e. The Hall–Kier alpha value is -1.46. The average Bonchev–Trinajstić information content (AvgIpc) is 2.50. The molecule has 1 fully saturated rings. The molecule has 4 nitrogen and oxygen atoms in total. The van der Waals surface area contributed by atoms with Crippen LogP contribution in [-0.4, -0.2) is 43.5 Å². The maximum absolute atomic E-state index is 14.0. The van der Waals surface area contributed by atoms with E-state index in [9.17, 15) is 9.18 Å². The van der Waals surface area contributed by atoms with Gasteiger partial charge in [0.1, 0.15) is 5.82 Å². The summed E-state index contributed by atoms with van der Waals surface area (Å²) in [5.41, 5.74) is 0.658. The van der Waals surface area contributed by atoms with Crippen LogP contribution in [0.5, 0.6) is 0 Å². The van der Waals surface area contributed by atoms with Gasteiger partial charge in [-0.25, -0.2) is 4.39 Å². The van der Waals surface area contributed by atoms with Gasteiger partial charge >= 0.3 is 0 Å². The summed E-state index contributed by atoms with van der Waals surface area (Å²) in [7, 11) is 0. The normalized spacial score (nSPS) is 17.7. The largest absolute Gasteiger partial charge is 0.354 e. The van der Waals surface area contributed by atoms with Gasteiger partial charge in [0, 0.05) is 44.7 Å². The van der Waals surface area contributed by atoms with Crippen molar-refractivity contribution in [1.29, 1.82) is 0 Å². The van der Waals surface area contributed by atoms with Gasteiger partial charge in [0.05, 0.1) is 6.04 Å². The second-order valence-corrected chi connectivity index (χ2v) is 4.98. The Morgan fingerprint density at radius 2 is 2.10 bits per heavy atom. The van der Waals surface area contributed by atoms with Crippen molar-refractivity contribution in [2.45, 2.75) is 19.4 Å². The first-order valence-electron chi connectivity index (χ1n) is 7.18. The monoisotopic (exact) mass is 279 g/mol. The zero-order chi connectivity index (χ0) is 14.4. The molecule has 110 valence electrons. The number of nitrogens with one attached hydrogen (secondary N) is 2. The highest BCUT2D eigenvalue weighted by molar-refractivity contribution is 5.75. The third kappa shape index (κ3) is 3.77. The van der Waals surface area contributed by atoms with Crippen LogP contribution in [0.15, 0.2) is 24.3 Å². The molecule has 1 saturated heterocycles. The predicted molar refractivity (Wildman–Crippen MR) is 76.9 cm³/mol. The van der Waals surface area contributed by atoms with Gasteiger partial charge < -0.3 is 10.6 Å². The Morgan fingerprint density at radius 3 is 2.75 bits per heavy atom. The lowest BCUT2D eigenvalue weighted by atomic mass is 10.0. The molecular weight excluding hydrogens is 257 g/mol. The number of piperazine rings is 1. The Morgan fingerprint density at radius 1 is 1.40 bits per heavy atom. The molecule has 1 aromatic carbocycles. The molecule has 0 bridgehead atoms. The minimum absolute atomic E-state index is 0.00136. The van der Waals surface area contributed by atoms with E-state index in [1.54, 1.807) is 12.1 Å². The fourth-order valence-electron chi connectivity index (χ4n) is 2.51. The number of carbonyl (C=O) groups excluding carboxylic acids is 1. The molecule has 1 aromatic rings. The van der Waals surface area contributed by atoms with Gasteiger partial charge in [0.15, 0.2) is 0 Å². The van der Waals surface area contributed by atoms with Crippen LogP contribution in [-0.2, 0) is 4.79 Å². The number of carbonyl (C=O) groups is 1. The van der Waals surface area contributed by atoms with Gasteiger partial charge in [-0.15, -0.1) is 0 Å². The number of rotatable bonds is 5. The maximum atomic E-state index is 14.0. The summed E-state index contributed by atoms with van der Waals surface area (Å²) >= 11 is 0. The highest BCUT2D eigenvalue weighted by Crippen LogP contribution is 2.23. The fraction of sp³-hybridized carbons (Fsp3) is 0.533. The quantitative estimate of drug-likeness (QED) is 0.854. The average molecular weight is 279 g/mol. The summed E-state index contributed by atoms with van der Waals surface area (Å²) in [6.07, 6.45) is 0.450. The zero-order valence-corrected chi connectivity index (χ0v) is 11.9. The van der Waals surface area contributed by atoms with E-state index in [1.807, 2.05) is 13.0 Å². The molecule has 1 aliphatic heterocycles. The topological polar surface area (TPSA) is 44.4 Å². The molecule has 1 amide bonds. The number of hydrogen-bond acceptors (Lipinski definition) is 3. The van der Waals surface area contributed by atoms with E-state index < -0.39 is 0 Å². The molecule has 0 radical (unpaired) electrons. The van der Waals surface area contributed by atoms with Crippen LogP contribution in [0.3, 0.4) is 0 Å². The van der Waals surface area contributed by atoms with Crippen LogP contribution < -0.4 is 10.6 Å². The summed E-state index contributed by atoms with van der Waals surface area (Å²) < 4.78 is 14.0. The Bertz CT molecular complexity index is 446. The second-order valence-electron chi connectivity index (χ2n) is 4.98. The predicted octanol–water partition coefficient (Wildman–Crippen LogP) is 1.30. The van der Waals surface area contributed by atoms with Crippen molar-refractivity contribution in [3.63, 3.8) is 0 Å². The lowest BCUT2D eigenvalue weighted by Gasteiger charge is -2.35. The first kappa shape index (κ1) is 14.9. The highest BCUT2D eigenvalue weighted by Gasteiger charge is 2.24. The summed E-state index contributed by atoms with van der Waals surface area (Å²) in [5, 5.41) is 6.18. The first-order valence-corrected chi connectivity index (χ1v) is 7.18.